The minimum absolute atomic E-state index is 0.679. The van der Waals surface area contributed by atoms with Gasteiger partial charge in [0.15, 0.2) is 5.82 Å². The molecule has 0 unspecified atom stereocenters. The molecule has 0 amide bonds. The maximum Gasteiger partial charge on any atom is 0.160 e. The second-order valence-corrected chi connectivity index (χ2v) is 15.3. The Morgan fingerprint density at radius 2 is 0.898 bits per heavy atom. The van der Waals surface area contributed by atoms with E-state index in [0.29, 0.717) is 5.82 Å². The van der Waals surface area contributed by atoms with E-state index in [1.165, 1.54) is 54.4 Å². The van der Waals surface area contributed by atoms with Crippen LogP contribution in [0.15, 0.2) is 207 Å². The lowest BCUT2D eigenvalue weighted by atomic mass is 9.92. The molecule has 0 saturated carbocycles. The molecule has 0 N–H and O–H groups in total. The third-order valence-electron chi connectivity index (χ3n) is 11.7. The molecular formula is C56H37N3. The van der Waals surface area contributed by atoms with Crippen molar-refractivity contribution in [2.75, 3.05) is 0 Å². The molecule has 3 nitrogen and oxygen atoms in total. The van der Waals surface area contributed by atoms with Crippen molar-refractivity contribution >= 4 is 43.1 Å². The van der Waals surface area contributed by atoms with Crippen molar-refractivity contribution in [3.63, 3.8) is 0 Å². The Bertz CT molecular complexity index is 3400. The molecule has 59 heavy (non-hydrogen) atoms. The van der Waals surface area contributed by atoms with Gasteiger partial charge in [0.2, 0.25) is 0 Å². The van der Waals surface area contributed by atoms with Gasteiger partial charge in [0.05, 0.1) is 11.4 Å². The van der Waals surface area contributed by atoms with Crippen molar-refractivity contribution in [3.05, 3.63) is 212 Å². The van der Waals surface area contributed by atoms with E-state index < -0.39 is 0 Å². The summed E-state index contributed by atoms with van der Waals surface area (Å²) in [4.78, 5) is 15.2. The van der Waals surface area contributed by atoms with Gasteiger partial charge in [0.25, 0.3) is 0 Å². The second kappa shape index (κ2) is 14.3. The summed E-state index contributed by atoms with van der Waals surface area (Å²) in [6.07, 6.45) is 3.87. The van der Waals surface area contributed by atoms with Crippen LogP contribution in [-0.4, -0.2) is 15.0 Å². The number of hydrogen-bond acceptors (Lipinski definition) is 3. The zero-order valence-corrected chi connectivity index (χ0v) is 32.5. The van der Waals surface area contributed by atoms with Crippen molar-refractivity contribution in [2.24, 2.45) is 0 Å². The number of rotatable bonds is 6. The van der Waals surface area contributed by atoms with E-state index in [4.69, 9.17) is 9.97 Å². The average Bonchev–Trinajstić information content (AvgIpc) is 3.31. The molecule has 0 bridgehead atoms. The van der Waals surface area contributed by atoms with Crippen LogP contribution in [0.4, 0.5) is 0 Å². The quantitative estimate of drug-likeness (QED) is 0.159. The lowest BCUT2D eigenvalue weighted by molar-refractivity contribution is 1.18. The van der Waals surface area contributed by atoms with Crippen molar-refractivity contribution in [3.8, 4) is 67.3 Å². The van der Waals surface area contributed by atoms with Crippen LogP contribution in [0.2, 0.25) is 0 Å². The molecule has 0 aliphatic carbocycles. The van der Waals surface area contributed by atoms with Gasteiger partial charge < -0.3 is 0 Å². The Morgan fingerprint density at radius 3 is 1.75 bits per heavy atom. The topological polar surface area (TPSA) is 38.7 Å². The zero-order valence-electron chi connectivity index (χ0n) is 32.5. The van der Waals surface area contributed by atoms with Crippen molar-refractivity contribution in [1.29, 1.82) is 0 Å². The fourth-order valence-corrected chi connectivity index (χ4v) is 8.62. The number of hydrogen-bond donors (Lipinski definition) is 0. The monoisotopic (exact) mass is 751 g/mol. The standard InChI is InChI=1S/C56H37N3/c1-36-11-8-14-37-25-28-41(31-51(36)37)40-15-9-17-44(29-40)55-33-54(39-26-23-38(24-27-39)53-35-57-34-46-13-3-5-20-48(46)53)58-56(59-55)45-18-10-16-42(30-45)52-32-43-12-2-4-19-47(43)49-21-6-7-22-50(49)52/h2-35H,1H3. The average molecular weight is 752 g/mol. The normalized spacial score (nSPS) is 11.5. The van der Waals surface area contributed by atoms with Gasteiger partial charge >= 0.3 is 0 Å². The van der Waals surface area contributed by atoms with Gasteiger partial charge in [0, 0.05) is 40.0 Å². The van der Waals surface area contributed by atoms with Gasteiger partial charge in [-0.2, -0.15) is 0 Å². The first kappa shape index (κ1) is 34.5. The second-order valence-electron chi connectivity index (χ2n) is 15.3. The molecule has 11 aromatic rings. The predicted molar refractivity (Wildman–Crippen MR) is 247 cm³/mol. The van der Waals surface area contributed by atoms with E-state index in [0.717, 1.165) is 55.7 Å². The van der Waals surface area contributed by atoms with Crippen LogP contribution in [0.3, 0.4) is 0 Å². The molecule has 0 fully saturated rings. The lowest BCUT2D eigenvalue weighted by Crippen LogP contribution is -1.96. The molecule has 0 aliphatic heterocycles. The minimum atomic E-state index is 0.679. The van der Waals surface area contributed by atoms with Crippen LogP contribution >= 0.6 is 0 Å². The van der Waals surface area contributed by atoms with Crippen molar-refractivity contribution < 1.29 is 0 Å². The van der Waals surface area contributed by atoms with Gasteiger partial charge in [-0.05, 0) is 108 Å². The summed E-state index contributed by atoms with van der Waals surface area (Å²) in [7, 11) is 0. The Labute approximate surface area is 343 Å². The fraction of sp³-hybridized carbons (Fsp3) is 0.0179. The number of aryl methyl sites for hydroxylation is 1. The van der Waals surface area contributed by atoms with E-state index in [9.17, 15) is 0 Å². The maximum atomic E-state index is 5.33. The first-order chi connectivity index (χ1) is 29.1. The molecule has 3 heteroatoms. The molecule has 2 heterocycles. The van der Waals surface area contributed by atoms with Crippen molar-refractivity contribution in [1.82, 2.24) is 15.0 Å². The highest BCUT2D eigenvalue weighted by molar-refractivity contribution is 6.14. The van der Waals surface area contributed by atoms with Crippen LogP contribution in [0.5, 0.6) is 0 Å². The van der Waals surface area contributed by atoms with Gasteiger partial charge in [-0.1, -0.05) is 164 Å². The molecule has 2 aromatic heterocycles. The molecule has 0 atom stereocenters. The van der Waals surface area contributed by atoms with Crippen LogP contribution in [0.1, 0.15) is 5.56 Å². The van der Waals surface area contributed by atoms with Crippen LogP contribution in [-0.2, 0) is 0 Å². The highest BCUT2D eigenvalue weighted by Gasteiger charge is 2.15. The summed E-state index contributed by atoms with van der Waals surface area (Å²) < 4.78 is 0. The maximum absolute atomic E-state index is 5.33. The fourth-order valence-electron chi connectivity index (χ4n) is 8.62. The van der Waals surface area contributed by atoms with Gasteiger partial charge in [-0.15, -0.1) is 0 Å². The third-order valence-corrected chi connectivity index (χ3v) is 11.7. The van der Waals surface area contributed by atoms with E-state index in [1.807, 2.05) is 12.4 Å². The van der Waals surface area contributed by atoms with Gasteiger partial charge in [0.1, 0.15) is 0 Å². The van der Waals surface area contributed by atoms with E-state index in [1.54, 1.807) is 0 Å². The Balaban J connectivity index is 1.05. The summed E-state index contributed by atoms with van der Waals surface area (Å²) in [5.74, 6) is 0.679. The number of pyridine rings is 1. The van der Waals surface area contributed by atoms with Crippen molar-refractivity contribution in [2.45, 2.75) is 6.92 Å². The summed E-state index contributed by atoms with van der Waals surface area (Å²) >= 11 is 0. The first-order valence-electron chi connectivity index (χ1n) is 20.1. The Kier molecular flexibility index (Phi) is 8.37. The molecule has 9 aromatic carbocycles. The smallest absolute Gasteiger partial charge is 0.160 e. The molecule has 0 aliphatic rings. The van der Waals surface area contributed by atoms with Crippen LogP contribution in [0.25, 0.3) is 110 Å². The Morgan fingerprint density at radius 1 is 0.305 bits per heavy atom. The number of aromatic nitrogens is 3. The minimum Gasteiger partial charge on any atom is -0.263 e. The number of fused-ring (bicyclic) bond motifs is 5. The molecular weight excluding hydrogens is 715 g/mol. The predicted octanol–water partition coefficient (Wildman–Crippen LogP) is 14.8. The Hall–Kier alpha value is -7.75. The largest absolute Gasteiger partial charge is 0.263 e. The third kappa shape index (κ3) is 6.30. The molecule has 0 saturated heterocycles. The summed E-state index contributed by atoms with van der Waals surface area (Å²) in [5.41, 5.74) is 12.9. The summed E-state index contributed by atoms with van der Waals surface area (Å²) in [5, 5.41) is 9.77. The highest BCUT2D eigenvalue weighted by atomic mass is 14.9. The first-order valence-corrected chi connectivity index (χ1v) is 20.1. The zero-order chi connectivity index (χ0) is 39.3. The molecule has 0 radical (unpaired) electrons. The molecule has 0 spiro atoms. The SMILES string of the molecule is Cc1cccc2ccc(-c3cccc(-c4cc(-c5ccc(-c6cncc7ccccc67)cc5)nc(-c5cccc(-c6cc7ccccc7c7ccccc67)c5)n4)c3)cc12. The van der Waals surface area contributed by atoms with Crippen LogP contribution in [0, 0.1) is 6.92 Å². The molecule has 276 valence electrons. The van der Waals surface area contributed by atoms with Gasteiger partial charge in [-0.25, -0.2) is 9.97 Å². The van der Waals surface area contributed by atoms with E-state index in [2.05, 4.69) is 206 Å². The lowest BCUT2D eigenvalue weighted by Gasteiger charge is -2.14. The molecule has 11 rings (SSSR count). The van der Waals surface area contributed by atoms with E-state index >= 15 is 0 Å². The van der Waals surface area contributed by atoms with Gasteiger partial charge in [-0.3, -0.25) is 4.98 Å². The summed E-state index contributed by atoms with van der Waals surface area (Å²) in [6.45, 7) is 2.18. The van der Waals surface area contributed by atoms with Crippen LogP contribution < -0.4 is 0 Å². The number of benzene rings is 9. The number of nitrogens with zero attached hydrogens (tertiary/aromatic N) is 3. The highest BCUT2D eigenvalue weighted by Crippen LogP contribution is 2.38. The van der Waals surface area contributed by atoms with E-state index in [-0.39, 0.29) is 0 Å². The summed E-state index contributed by atoms with van der Waals surface area (Å²) in [6, 6.07) is 69.5.